The van der Waals surface area contributed by atoms with Gasteiger partial charge in [0, 0.05) is 139 Å². The van der Waals surface area contributed by atoms with E-state index in [-0.39, 0.29) is 130 Å². The number of alkyl halides is 1. The van der Waals surface area contributed by atoms with Crippen LogP contribution in [0.3, 0.4) is 0 Å². The van der Waals surface area contributed by atoms with E-state index < -0.39 is 87.7 Å². The monoisotopic (exact) mass is 2270 g/mol. The highest BCUT2D eigenvalue weighted by molar-refractivity contribution is 14.1. The number of carbonyl (C=O) groups excluding carboxylic acids is 4. The average molecular weight is 2270 g/mol. The number of furan rings is 4. The summed E-state index contributed by atoms with van der Waals surface area (Å²) in [6.45, 7) is 33.8. The lowest BCUT2D eigenvalue weighted by Gasteiger charge is -2.36. The Bertz CT molecular complexity index is 6520. The maximum absolute atomic E-state index is 13.8. The molecule has 4 aromatic heterocycles. The molecule has 1 amide bonds. The van der Waals surface area contributed by atoms with Crippen molar-refractivity contribution >= 4 is 142 Å². The second-order valence-electron chi connectivity index (χ2n) is 39.9. The Morgan fingerprint density at radius 3 is 0.879 bits per heavy atom. The first-order chi connectivity index (χ1) is 70.4. The maximum Gasteiger partial charge on any atom is 0.410 e. The molecule has 12 aromatic rings. The van der Waals surface area contributed by atoms with E-state index in [0.29, 0.717) is 79.6 Å². The number of halogens is 2. The standard InChI is InChI=1S/C29H39NO6S.C28H38N2O6S.C28H37NO6S.C23H30N2O4S.C4H7ClO2.CH3I/c1-21(2)19-30(37(32,33)25-12-13-26-23(17-25)14-15-35-26)20-27(34-6)24(16-22-10-8-7-9-11-22)18-28(31)36-29(3,4)5;1-20(2)18-30(37(32,33)24-12-13-26-23(17-24)14-15-35-26)19-27(34-6)25(16-22-10-8-7-9-11-22)29(5)28(31)36-21(3)4;1-20(2)18-29(36(31,32)25-11-12-26-23(16-25)13-14-34-26)19-27(33-5)24(17-28(30)35-21(3)4)15-22-9-7-6-8-10-22;1-17(2)15-25(16-23(28-3)21(24)13-18-7-5-4-6-8-18)30(26,27)20-9-10-22-19(14-20)11-12-29-22;1-3(2)7-4(5)6;1-2/h7-15,17,21,24,27H,16,18-20H2,1-6H3;7-15,17,20-21,25,27H,16,18-19H2,1-6H3;6-14,16,20-21,24,27H,15,17-19H2,1-5H3;4-12,14,17,21,23H,13,15-16,24H2,1-3H3;3H,1-2H3;1H3/t24-,27-;25-,27+;24-,27-;21-,23+;;/m1010../s1. The minimum absolute atomic E-state index is 0.0667. The average Bonchev–Trinajstić information content (AvgIpc) is 1.26. The molecule has 0 aliphatic heterocycles. The smallest absolute Gasteiger partial charge is 0.410 e. The Morgan fingerprint density at radius 2 is 0.617 bits per heavy atom. The van der Waals surface area contributed by atoms with Crippen LogP contribution < -0.4 is 5.73 Å². The molecule has 36 heteroatoms. The summed E-state index contributed by atoms with van der Waals surface area (Å²) in [5.74, 6) is -0.817. The lowest BCUT2D eigenvalue weighted by molar-refractivity contribution is -0.157. The number of ether oxygens (including phenoxy) is 8. The van der Waals surface area contributed by atoms with Crippen molar-refractivity contribution in [2.24, 2.45) is 41.2 Å². The molecule has 818 valence electrons. The fraction of sp³-hybridized carbons (Fsp3) is 0.469. The molecule has 0 aliphatic rings. The number of amides is 1. The highest BCUT2D eigenvalue weighted by atomic mass is 127. The van der Waals surface area contributed by atoms with Crippen LogP contribution in [0.4, 0.5) is 9.59 Å². The molecule has 8 atom stereocenters. The predicted molar refractivity (Wildman–Crippen MR) is 595 cm³/mol. The van der Waals surface area contributed by atoms with Crippen molar-refractivity contribution in [3.05, 3.63) is 266 Å². The van der Waals surface area contributed by atoms with Gasteiger partial charge in [0.25, 0.3) is 0 Å². The van der Waals surface area contributed by atoms with Crippen LogP contribution in [0.2, 0.25) is 0 Å². The van der Waals surface area contributed by atoms with Gasteiger partial charge in [-0.2, -0.15) is 17.2 Å². The molecule has 0 bridgehead atoms. The van der Waals surface area contributed by atoms with Crippen molar-refractivity contribution in [3.63, 3.8) is 0 Å². The molecule has 0 fully saturated rings. The van der Waals surface area contributed by atoms with E-state index >= 15 is 0 Å². The van der Waals surface area contributed by atoms with Crippen molar-refractivity contribution in [3.8, 4) is 0 Å². The minimum atomic E-state index is -3.86. The fourth-order valence-corrected chi connectivity index (χ4v) is 23.5. The number of carbonyl (C=O) groups is 4. The number of likely N-dealkylation sites (N-methyl/N-ethyl adjacent to an activating group) is 1. The van der Waals surface area contributed by atoms with Crippen LogP contribution in [0.25, 0.3) is 43.9 Å². The molecule has 2 N–H and O–H groups in total. The molecule has 12 rings (SSSR count). The van der Waals surface area contributed by atoms with Crippen LogP contribution >= 0.6 is 34.2 Å². The number of benzene rings is 8. The Kier molecular flexibility index (Phi) is 51.6. The summed E-state index contributed by atoms with van der Waals surface area (Å²) < 4.78 is 181. The number of nitrogens with zero attached hydrogens (tertiary/aromatic N) is 5. The first kappa shape index (κ1) is 126. The van der Waals surface area contributed by atoms with Crippen LogP contribution in [0.1, 0.15) is 153 Å². The highest BCUT2D eigenvalue weighted by Crippen LogP contribution is 2.34. The Balaban J connectivity index is 0.000000262. The second kappa shape index (κ2) is 61.1. The second-order valence-corrected chi connectivity index (χ2v) is 48.0. The summed E-state index contributed by atoms with van der Waals surface area (Å²) in [7, 11) is -7.34. The molecule has 149 heavy (non-hydrogen) atoms. The van der Waals surface area contributed by atoms with Gasteiger partial charge < -0.3 is 66.2 Å². The lowest BCUT2D eigenvalue weighted by atomic mass is 9.90. The van der Waals surface area contributed by atoms with Crippen LogP contribution in [0, 0.1) is 35.5 Å². The normalized spacial score (nSPS) is 13.8. The summed E-state index contributed by atoms with van der Waals surface area (Å²) in [5.41, 5.74) is 11.8. The topological polar surface area (TPSA) is 373 Å². The number of hydrogen-bond acceptors (Lipinski definition) is 25. The van der Waals surface area contributed by atoms with E-state index in [0.717, 1.165) is 38.4 Å². The van der Waals surface area contributed by atoms with Gasteiger partial charge in [-0.05, 0) is 236 Å². The molecule has 8 aromatic carbocycles. The molecule has 30 nitrogen and oxygen atoms in total. The van der Waals surface area contributed by atoms with Crippen molar-refractivity contribution < 1.29 is 108 Å². The predicted octanol–water partition coefficient (Wildman–Crippen LogP) is 22.6. The third kappa shape index (κ3) is 40.5. The van der Waals surface area contributed by atoms with Gasteiger partial charge in [-0.25, -0.2) is 43.3 Å². The third-order valence-corrected chi connectivity index (χ3v) is 31.0. The molecule has 0 aliphatic carbocycles. The molecule has 0 unspecified atom stereocenters. The van der Waals surface area contributed by atoms with Gasteiger partial charge in [-0.15, -0.1) is 0 Å². The van der Waals surface area contributed by atoms with Crippen LogP contribution in [0.15, 0.2) is 281 Å². The van der Waals surface area contributed by atoms with Crippen molar-refractivity contribution in [2.45, 2.75) is 236 Å². The zero-order valence-corrected chi connectivity index (χ0v) is 96.3. The fourth-order valence-electron chi connectivity index (χ4n) is 16.7. The summed E-state index contributed by atoms with van der Waals surface area (Å²) in [6.07, 6.45) is 5.39. The van der Waals surface area contributed by atoms with Gasteiger partial charge in [0.2, 0.25) is 40.1 Å². The zero-order chi connectivity index (χ0) is 110. The number of esters is 2. The van der Waals surface area contributed by atoms with E-state index in [4.69, 9.17) is 68.2 Å². The molecular formula is C113H154ClIN6O24S4. The molecule has 4 heterocycles. The number of nitrogens with two attached hydrogens (primary N) is 1. The van der Waals surface area contributed by atoms with Crippen molar-refractivity contribution in [1.29, 1.82) is 0 Å². The molecular weight excluding hydrogens is 2120 g/mol. The summed E-state index contributed by atoms with van der Waals surface area (Å²) >= 11 is 6.96. The quantitative estimate of drug-likeness (QED) is 0.0122. The van der Waals surface area contributed by atoms with Gasteiger partial charge >= 0.3 is 23.5 Å². The van der Waals surface area contributed by atoms with E-state index in [1.54, 1.807) is 179 Å². The first-order valence-corrected chi connectivity index (χ1v) is 58.3. The van der Waals surface area contributed by atoms with Crippen molar-refractivity contribution in [1.82, 2.24) is 22.1 Å². The van der Waals surface area contributed by atoms with Crippen LogP contribution in [0.5, 0.6) is 0 Å². The molecule has 0 radical (unpaired) electrons. The van der Waals surface area contributed by atoms with Gasteiger partial charge in [-0.1, -0.05) is 199 Å². The van der Waals surface area contributed by atoms with Gasteiger partial charge in [0.1, 0.15) is 27.9 Å². The van der Waals surface area contributed by atoms with Gasteiger partial charge in [0.05, 0.1) is 106 Å². The Labute approximate surface area is 901 Å². The summed E-state index contributed by atoms with van der Waals surface area (Å²) in [4.78, 5) is 52.5. The summed E-state index contributed by atoms with van der Waals surface area (Å²) in [5, 5.41) is 2.92. The Morgan fingerprint density at radius 1 is 0.349 bits per heavy atom. The molecule has 0 spiro atoms. The molecule has 0 saturated carbocycles. The van der Waals surface area contributed by atoms with E-state index in [1.807, 2.05) is 216 Å². The van der Waals surface area contributed by atoms with E-state index in [2.05, 4.69) is 27.3 Å². The van der Waals surface area contributed by atoms with E-state index in [9.17, 15) is 52.8 Å². The maximum atomic E-state index is 13.8. The Hall–Kier alpha value is -9.94. The third-order valence-electron chi connectivity index (χ3n) is 23.6. The number of sulfonamides is 4. The van der Waals surface area contributed by atoms with Crippen molar-refractivity contribution in [2.75, 3.05) is 92.8 Å². The highest BCUT2D eigenvalue weighted by Gasteiger charge is 2.40. The number of hydrogen-bond donors (Lipinski definition) is 1. The lowest BCUT2D eigenvalue weighted by Crippen LogP contribution is -2.52. The largest absolute Gasteiger partial charge is 0.464 e. The SMILES string of the molecule is CC(C)OC(=O)Cl.CI.CO[C@H](CN(CC(C)C)S(=O)(=O)c1ccc2occc2c1)[C@@H](CC(=O)OC(C)(C)C)Cc1ccccc1.CO[C@H](CN(CC(C)C)S(=O)(=O)c1ccc2occc2c1)[C@@H](CC(=O)OC(C)C)Cc1ccccc1.CO[C@H](CN(CC(C)C)S(=O)(=O)c1ccc2occc2c1)[C@@H](N)Cc1ccccc1.CO[C@H](CN(CC(C)C)S(=O)(=O)c1ccc2occc2c1)[C@H](Cc1ccccc1)N(C)C(=O)OC(C)C. The van der Waals surface area contributed by atoms with Gasteiger partial charge in [-0.3, -0.25) is 9.59 Å². The summed E-state index contributed by atoms with van der Waals surface area (Å²) in [6, 6.07) is 65.0. The van der Waals surface area contributed by atoms with Crippen LogP contribution in [-0.2, 0) is 113 Å². The first-order valence-electron chi connectivity index (χ1n) is 50.0. The number of fused-ring (bicyclic) bond motifs is 4. The minimum Gasteiger partial charge on any atom is -0.464 e. The number of rotatable bonds is 48. The van der Waals surface area contributed by atoms with Gasteiger partial charge in [0.15, 0.2) is 0 Å². The number of methoxy groups -OCH3 is 4. The van der Waals surface area contributed by atoms with E-state index in [1.165, 1.54) is 28.4 Å². The van der Waals surface area contributed by atoms with Crippen LogP contribution in [-0.4, -0.2) is 232 Å². The zero-order valence-electron chi connectivity index (χ0n) is 90.2. The molecule has 0 saturated heterocycles.